The van der Waals surface area contributed by atoms with Crippen molar-refractivity contribution in [1.29, 1.82) is 0 Å². The fourth-order valence-electron chi connectivity index (χ4n) is 2.89. The normalized spacial score (nSPS) is 16.9. The van der Waals surface area contributed by atoms with Crippen molar-refractivity contribution in [3.8, 4) is 0 Å². The summed E-state index contributed by atoms with van der Waals surface area (Å²) in [6.07, 6.45) is 0.644. The Labute approximate surface area is 147 Å². The molecule has 1 aliphatic rings. The first-order valence-electron chi connectivity index (χ1n) is 8.20. The first kappa shape index (κ1) is 19.6. The van der Waals surface area contributed by atoms with Gasteiger partial charge in [0.15, 0.2) is 0 Å². The van der Waals surface area contributed by atoms with E-state index in [1.807, 2.05) is 20.8 Å². The van der Waals surface area contributed by atoms with Gasteiger partial charge in [0.25, 0.3) is 0 Å². The van der Waals surface area contributed by atoms with Gasteiger partial charge < -0.3 is 9.80 Å². The SMILES string of the molecule is CC(C)(C)C(=O)N1CCCN(c2ccccc2S(=O)(=O)C(F)F)CC1. The van der Waals surface area contributed by atoms with E-state index in [9.17, 15) is 22.0 Å². The number of amides is 1. The van der Waals surface area contributed by atoms with Crippen LogP contribution in [0.3, 0.4) is 0 Å². The summed E-state index contributed by atoms with van der Waals surface area (Å²) in [5, 5.41) is 0. The highest BCUT2D eigenvalue weighted by Gasteiger charge is 2.32. The van der Waals surface area contributed by atoms with Crippen molar-refractivity contribution in [3.05, 3.63) is 24.3 Å². The highest BCUT2D eigenvalue weighted by Crippen LogP contribution is 2.30. The van der Waals surface area contributed by atoms with Crippen molar-refractivity contribution in [2.45, 2.75) is 37.8 Å². The van der Waals surface area contributed by atoms with Crippen LogP contribution < -0.4 is 4.90 Å². The van der Waals surface area contributed by atoms with E-state index in [0.29, 0.717) is 32.6 Å². The van der Waals surface area contributed by atoms with E-state index in [2.05, 4.69) is 0 Å². The molecule has 2 rings (SSSR count). The molecule has 0 aliphatic carbocycles. The van der Waals surface area contributed by atoms with Gasteiger partial charge in [-0.15, -0.1) is 0 Å². The molecule has 1 aromatic carbocycles. The predicted octanol–water partition coefficient (Wildman–Crippen LogP) is 2.77. The Hall–Kier alpha value is -1.70. The van der Waals surface area contributed by atoms with Gasteiger partial charge in [-0.25, -0.2) is 8.42 Å². The second kappa shape index (κ2) is 7.27. The lowest BCUT2D eigenvalue weighted by atomic mass is 9.94. The fraction of sp³-hybridized carbons (Fsp3) is 0.588. The first-order chi connectivity index (χ1) is 11.5. The van der Waals surface area contributed by atoms with Gasteiger partial charge in [0.05, 0.1) is 10.6 Å². The summed E-state index contributed by atoms with van der Waals surface area (Å²) in [7, 11) is -4.68. The molecule has 1 heterocycles. The number of carbonyl (C=O) groups is 1. The minimum Gasteiger partial charge on any atom is -0.369 e. The van der Waals surface area contributed by atoms with Gasteiger partial charge in [0.2, 0.25) is 15.7 Å². The Bertz CT molecular complexity index is 730. The third-order valence-corrected chi connectivity index (χ3v) is 5.60. The largest absolute Gasteiger partial charge is 0.369 e. The molecule has 1 fully saturated rings. The van der Waals surface area contributed by atoms with Crippen LogP contribution in [0.15, 0.2) is 29.2 Å². The van der Waals surface area contributed by atoms with Gasteiger partial charge in [0.1, 0.15) is 0 Å². The first-order valence-corrected chi connectivity index (χ1v) is 9.75. The minimum absolute atomic E-state index is 0.0304. The third-order valence-electron chi connectivity index (χ3n) is 4.17. The van der Waals surface area contributed by atoms with Crippen LogP contribution in [0.5, 0.6) is 0 Å². The zero-order valence-electron chi connectivity index (χ0n) is 14.7. The number of alkyl halides is 2. The van der Waals surface area contributed by atoms with Crippen LogP contribution in [0.2, 0.25) is 0 Å². The molecule has 140 valence electrons. The van der Waals surface area contributed by atoms with Gasteiger partial charge >= 0.3 is 5.76 Å². The van der Waals surface area contributed by atoms with Crippen LogP contribution in [0.4, 0.5) is 14.5 Å². The molecule has 0 atom stereocenters. The highest BCUT2D eigenvalue weighted by molar-refractivity contribution is 7.91. The number of para-hydroxylation sites is 1. The zero-order valence-corrected chi connectivity index (χ0v) is 15.5. The number of sulfone groups is 1. The molecule has 25 heavy (non-hydrogen) atoms. The lowest BCUT2D eigenvalue weighted by molar-refractivity contribution is -0.139. The van der Waals surface area contributed by atoms with Crippen LogP contribution in [0.1, 0.15) is 27.2 Å². The summed E-state index contributed by atoms with van der Waals surface area (Å²) in [6, 6.07) is 5.81. The molecule has 1 saturated heterocycles. The molecule has 1 aliphatic heterocycles. The molecule has 0 saturated carbocycles. The van der Waals surface area contributed by atoms with Crippen molar-refractivity contribution < 1.29 is 22.0 Å². The van der Waals surface area contributed by atoms with E-state index >= 15 is 0 Å². The van der Waals surface area contributed by atoms with Gasteiger partial charge in [0, 0.05) is 31.6 Å². The van der Waals surface area contributed by atoms with Crippen LogP contribution in [0, 0.1) is 5.41 Å². The molecule has 0 aromatic heterocycles. The standard InChI is InChI=1S/C17H24F2N2O3S/c1-17(2,3)15(22)21-10-6-9-20(11-12-21)13-7-4-5-8-14(13)25(23,24)16(18)19/h4-5,7-8,16H,6,9-12H2,1-3H3. The summed E-state index contributed by atoms with van der Waals surface area (Å²) in [4.78, 5) is 15.6. The van der Waals surface area contributed by atoms with E-state index in [0.717, 1.165) is 0 Å². The van der Waals surface area contributed by atoms with Crippen LogP contribution >= 0.6 is 0 Å². The molecule has 0 unspecified atom stereocenters. The van der Waals surface area contributed by atoms with Crippen molar-refractivity contribution >= 4 is 21.4 Å². The van der Waals surface area contributed by atoms with Crippen molar-refractivity contribution in [3.63, 3.8) is 0 Å². The number of anilines is 1. The number of carbonyl (C=O) groups excluding carboxylic acids is 1. The second-order valence-electron chi connectivity index (χ2n) is 7.16. The molecule has 0 radical (unpaired) electrons. The smallest absolute Gasteiger partial charge is 0.341 e. The second-order valence-corrected chi connectivity index (χ2v) is 9.04. The van der Waals surface area contributed by atoms with Crippen molar-refractivity contribution in [1.82, 2.24) is 4.90 Å². The molecule has 0 bridgehead atoms. The minimum atomic E-state index is -4.68. The number of halogens is 2. The molecule has 0 spiro atoms. The Kier molecular flexibility index (Phi) is 5.71. The van der Waals surface area contributed by atoms with Crippen molar-refractivity contribution in [2.75, 3.05) is 31.1 Å². The van der Waals surface area contributed by atoms with Crippen LogP contribution in [-0.4, -0.2) is 51.2 Å². The maximum absolute atomic E-state index is 13.0. The predicted molar refractivity (Wildman–Crippen MR) is 92.5 cm³/mol. The molecule has 1 aromatic rings. The van der Waals surface area contributed by atoms with E-state index in [4.69, 9.17) is 0 Å². The van der Waals surface area contributed by atoms with E-state index in [1.54, 1.807) is 15.9 Å². The number of hydrogen-bond acceptors (Lipinski definition) is 4. The quantitative estimate of drug-likeness (QED) is 0.816. The monoisotopic (exact) mass is 374 g/mol. The van der Waals surface area contributed by atoms with Gasteiger partial charge in [-0.3, -0.25) is 4.79 Å². The Morgan fingerprint density at radius 2 is 1.72 bits per heavy atom. The van der Waals surface area contributed by atoms with Gasteiger partial charge in [-0.2, -0.15) is 8.78 Å². The highest BCUT2D eigenvalue weighted by atomic mass is 32.2. The summed E-state index contributed by atoms with van der Waals surface area (Å²) in [6.45, 7) is 7.45. The van der Waals surface area contributed by atoms with E-state index < -0.39 is 21.0 Å². The lowest BCUT2D eigenvalue weighted by Crippen LogP contribution is -2.41. The molecule has 8 heteroatoms. The lowest BCUT2D eigenvalue weighted by Gasteiger charge is -2.29. The summed E-state index contributed by atoms with van der Waals surface area (Å²) in [5.41, 5.74) is -0.223. The van der Waals surface area contributed by atoms with Crippen molar-refractivity contribution in [2.24, 2.45) is 5.41 Å². The number of hydrogen-bond donors (Lipinski definition) is 0. The third kappa shape index (κ3) is 4.29. The van der Waals surface area contributed by atoms with Gasteiger partial charge in [-0.05, 0) is 18.6 Å². The maximum atomic E-state index is 13.0. The zero-order chi connectivity index (χ0) is 18.8. The Morgan fingerprint density at radius 1 is 1.08 bits per heavy atom. The van der Waals surface area contributed by atoms with Crippen LogP contribution in [0.25, 0.3) is 0 Å². The van der Waals surface area contributed by atoms with E-state index in [-0.39, 0.29) is 16.5 Å². The number of benzene rings is 1. The number of rotatable bonds is 3. The summed E-state index contributed by atoms with van der Waals surface area (Å²) < 4.78 is 49.8. The fourth-order valence-corrected chi connectivity index (χ4v) is 3.84. The Morgan fingerprint density at radius 3 is 2.32 bits per heavy atom. The Balaban J connectivity index is 2.26. The van der Waals surface area contributed by atoms with Crippen LogP contribution in [-0.2, 0) is 14.6 Å². The summed E-state index contributed by atoms with van der Waals surface area (Å²) in [5.74, 6) is -3.43. The maximum Gasteiger partial charge on any atom is 0.341 e. The molecule has 0 N–H and O–H groups in total. The average Bonchev–Trinajstić information content (AvgIpc) is 2.79. The topological polar surface area (TPSA) is 57.7 Å². The molecular weight excluding hydrogens is 350 g/mol. The number of nitrogens with zero attached hydrogens (tertiary/aromatic N) is 2. The average molecular weight is 374 g/mol. The van der Waals surface area contributed by atoms with Gasteiger partial charge in [-0.1, -0.05) is 32.9 Å². The molecule has 5 nitrogen and oxygen atoms in total. The molecule has 1 amide bonds. The molecular formula is C17H24F2N2O3S. The summed E-state index contributed by atoms with van der Waals surface area (Å²) >= 11 is 0. The van der Waals surface area contributed by atoms with E-state index in [1.165, 1.54) is 18.2 Å².